The highest BCUT2D eigenvalue weighted by Gasteiger charge is 2.39. The molecule has 3 atom stereocenters. The molecule has 1 amide bonds. The summed E-state index contributed by atoms with van der Waals surface area (Å²) in [6.45, 7) is 0. The normalized spacial score (nSPS) is 29.4. The van der Waals surface area contributed by atoms with Gasteiger partial charge in [0, 0.05) is 6.04 Å². The maximum absolute atomic E-state index is 12.0. The second kappa shape index (κ2) is 4.63. The zero-order valence-electron chi connectivity index (χ0n) is 10.4. The van der Waals surface area contributed by atoms with Crippen LogP contribution in [0.15, 0.2) is 24.3 Å². The number of aromatic hydroxyl groups is 1. The van der Waals surface area contributed by atoms with Crippen LogP contribution in [0.4, 0.5) is 0 Å². The maximum atomic E-state index is 12.0. The van der Waals surface area contributed by atoms with E-state index >= 15 is 0 Å². The van der Waals surface area contributed by atoms with Crippen LogP contribution in [0.5, 0.6) is 5.75 Å². The highest BCUT2D eigenvalue weighted by molar-refractivity contribution is 5.79. The molecule has 2 bridgehead atoms. The summed E-state index contributed by atoms with van der Waals surface area (Å²) < 4.78 is 0. The zero-order chi connectivity index (χ0) is 12.5. The summed E-state index contributed by atoms with van der Waals surface area (Å²) in [6, 6.07) is 7.32. The van der Waals surface area contributed by atoms with Crippen molar-refractivity contribution >= 4 is 5.91 Å². The van der Waals surface area contributed by atoms with E-state index in [4.69, 9.17) is 0 Å². The summed E-state index contributed by atoms with van der Waals surface area (Å²) in [4.78, 5) is 12.0. The molecule has 3 heteroatoms. The molecular weight excluding hydrogens is 226 g/mol. The topological polar surface area (TPSA) is 49.3 Å². The zero-order valence-corrected chi connectivity index (χ0v) is 10.4. The van der Waals surface area contributed by atoms with Crippen LogP contribution in [0.25, 0.3) is 0 Å². The summed E-state index contributed by atoms with van der Waals surface area (Å²) in [5.41, 5.74) is 0.871. The van der Waals surface area contributed by atoms with Gasteiger partial charge in [-0.15, -0.1) is 0 Å². The monoisotopic (exact) mass is 245 g/mol. The Morgan fingerprint density at radius 2 is 2.22 bits per heavy atom. The molecule has 3 nitrogen and oxygen atoms in total. The standard InChI is InChI=1S/C15H19NO2/c17-13-3-1-2-10(7-13)9-15(18)16-14-8-11-4-5-12(14)6-11/h1-3,7,11-12,14,17H,4-6,8-9H2,(H,16,18). The van der Waals surface area contributed by atoms with Crippen LogP contribution in [0.2, 0.25) is 0 Å². The molecule has 2 fully saturated rings. The van der Waals surface area contributed by atoms with Gasteiger partial charge in [0.2, 0.25) is 5.91 Å². The van der Waals surface area contributed by atoms with Gasteiger partial charge in [-0.1, -0.05) is 18.6 Å². The van der Waals surface area contributed by atoms with E-state index in [-0.39, 0.29) is 11.7 Å². The third kappa shape index (κ3) is 2.35. The van der Waals surface area contributed by atoms with Gasteiger partial charge in [-0.3, -0.25) is 4.79 Å². The summed E-state index contributed by atoms with van der Waals surface area (Å²) >= 11 is 0. The van der Waals surface area contributed by atoms with E-state index in [2.05, 4.69) is 5.32 Å². The predicted molar refractivity (Wildman–Crippen MR) is 69.2 cm³/mol. The van der Waals surface area contributed by atoms with Crippen LogP contribution in [-0.4, -0.2) is 17.1 Å². The van der Waals surface area contributed by atoms with Gasteiger partial charge in [0.05, 0.1) is 6.42 Å². The number of amides is 1. The molecule has 2 aliphatic carbocycles. The molecule has 18 heavy (non-hydrogen) atoms. The number of carbonyl (C=O) groups excluding carboxylic acids is 1. The number of nitrogens with one attached hydrogen (secondary N) is 1. The molecule has 1 aromatic carbocycles. The molecule has 3 unspecified atom stereocenters. The Kier molecular flexibility index (Phi) is 2.98. The molecule has 96 valence electrons. The van der Waals surface area contributed by atoms with E-state index in [1.807, 2.05) is 6.07 Å². The van der Waals surface area contributed by atoms with E-state index in [9.17, 15) is 9.90 Å². The lowest BCUT2D eigenvalue weighted by molar-refractivity contribution is -0.121. The summed E-state index contributed by atoms with van der Waals surface area (Å²) in [5.74, 6) is 1.86. The van der Waals surface area contributed by atoms with Crippen LogP contribution < -0.4 is 5.32 Å². The van der Waals surface area contributed by atoms with E-state index in [1.54, 1.807) is 18.2 Å². The van der Waals surface area contributed by atoms with Crippen molar-refractivity contribution in [1.29, 1.82) is 0 Å². The Morgan fingerprint density at radius 3 is 2.89 bits per heavy atom. The van der Waals surface area contributed by atoms with Crippen molar-refractivity contribution in [2.24, 2.45) is 11.8 Å². The number of rotatable bonds is 3. The summed E-state index contributed by atoms with van der Waals surface area (Å²) in [5, 5.41) is 12.5. The minimum atomic E-state index is 0.0816. The third-order valence-electron chi connectivity index (χ3n) is 4.36. The second-order valence-corrected chi connectivity index (χ2v) is 5.70. The van der Waals surface area contributed by atoms with Gasteiger partial charge in [0.15, 0.2) is 0 Å². The lowest BCUT2D eigenvalue weighted by Gasteiger charge is -2.22. The van der Waals surface area contributed by atoms with Crippen molar-refractivity contribution in [3.05, 3.63) is 29.8 Å². The fourth-order valence-corrected chi connectivity index (χ4v) is 3.53. The average molecular weight is 245 g/mol. The number of fused-ring (bicyclic) bond motifs is 2. The number of phenols is 1. The highest BCUT2D eigenvalue weighted by Crippen LogP contribution is 2.44. The van der Waals surface area contributed by atoms with Gasteiger partial charge in [-0.25, -0.2) is 0 Å². The van der Waals surface area contributed by atoms with Crippen molar-refractivity contribution in [3.63, 3.8) is 0 Å². The molecule has 2 aliphatic rings. The lowest BCUT2D eigenvalue weighted by Crippen LogP contribution is -2.39. The fourth-order valence-electron chi connectivity index (χ4n) is 3.53. The minimum absolute atomic E-state index is 0.0816. The Hall–Kier alpha value is -1.51. The molecule has 0 heterocycles. The molecule has 0 radical (unpaired) electrons. The lowest BCUT2D eigenvalue weighted by atomic mass is 9.95. The Morgan fingerprint density at radius 1 is 1.33 bits per heavy atom. The van der Waals surface area contributed by atoms with Crippen molar-refractivity contribution in [1.82, 2.24) is 5.32 Å². The molecule has 0 spiro atoms. The number of carbonyl (C=O) groups is 1. The smallest absolute Gasteiger partial charge is 0.224 e. The van der Waals surface area contributed by atoms with Gasteiger partial charge >= 0.3 is 0 Å². The Bertz CT molecular complexity index is 458. The van der Waals surface area contributed by atoms with Gasteiger partial charge < -0.3 is 10.4 Å². The predicted octanol–water partition coefficient (Wildman–Crippen LogP) is 2.24. The maximum Gasteiger partial charge on any atom is 0.224 e. The fraction of sp³-hybridized carbons (Fsp3) is 0.533. The molecule has 0 aromatic heterocycles. The van der Waals surface area contributed by atoms with E-state index in [1.165, 1.54) is 19.3 Å². The number of benzene rings is 1. The first kappa shape index (κ1) is 11.6. The number of hydrogen-bond acceptors (Lipinski definition) is 2. The molecular formula is C15H19NO2. The van der Waals surface area contributed by atoms with Gasteiger partial charge in [-0.05, 0) is 48.8 Å². The van der Waals surface area contributed by atoms with Crippen molar-refractivity contribution < 1.29 is 9.90 Å². The summed E-state index contributed by atoms with van der Waals surface area (Å²) in [6.07, 6.45) is 5.46. The number of phenolic OH excluding ortho intramolecular Hbond substituents is 1. The van der Waals surface area contributed by atoms with Gasteiger partial charge in [-0.2, -0.15) is 0 Å². The quantitative estimate of drug-likeness (QED) is 0.858. The van der Waals surface area contributed by atoms with E-state index < -0.39 is 0 Å². The molecule has 2 N–H and O–H groups in total. The number of hydrogen-bond donors (Lipinski definition) is 2. The van der Waals surface area contributed by atoms with Gasteiger partial charge in [0.25, 0.3) is 0 Å². The Balaban J connectivity index is 1.56. The van der Waals surface area contributed by atoms with Crippen molar-refractivity contribution in [2.75, 3.05) is 0 Å². The molecule has 0 saturated heterocycles. The second-order valence-electron chi connectivity index (χ2n) is 5.70. The molecule has 0 aliphatic heterocycles. The van der Waals surface area contributed by atoms with E-state index in [0.29, 0.717) is 18.4 Å². The van der Waals surface area contributed by atoms with Crippen LogP contribution in [0.3, 0.4) is 0 Å². The molecule has 2 saturated carbocycles. The van der Waals surface area contributed by atoms with Crippen molar-refractivity contribution in [3.8, 4) is 5.75 Å². The van der Waals surface area contributed by atoms with Gasteiger partial charge in [0.1, 0.15) is 5.75 Å². The highest BCUT2D eigenvalue weighted by atomic mass is 16.3. The molecule has 3 rings (SSSR count). The van der Waals surface area contributed by atoms with E-state index in [0.717, 1.165) is 17.9 Å². The first-order valence-corrected chi connectivity index (χ1v) is 6.78. The first-order valence-electron chi connectivity index (χ1n) is 6.78. The first-order chi connectivity index (χ1) is 8.70. The minimum Gasteiger partial charge on any atom is -0.508 e. The van der Waals surface area contributed by atoms with Crippen LogP contribution in [0.1, 0.15) is 31.2 Å². The largest absolute Gasteiger partial charge is 0.508 e. The average Bonchev–Trinajstić information content (AvgIpc) is 2.90. The Labute approximate surface area is 107 Å². The third-order valence-corrected chi connectivity index (χ3v) is 4.36. The molecule has 1 aromatic rings. The van der Waals surface area contributed by atoms with Crippen LogP contribution in [-0.2, 0) is 11.2 Å². The van der Waals surface area contributed by atoms with Crippen molar-refractivity contribution in [2.45, 2.75) is 38.1 Å². The van der Waals surface area contributed by atoms with Crippen LogP contribution in [0, 0.1) is 11.8 Å². The van der Waals surface area contributed by atoms with Crippen LogP contribution >= 0.6 is 0 Å². The summed E-state index contributed by atoms with van der Waals surface area (Å²) in [7, 11) is 0. The SMILES string of the molecule is O=C(Cc1cccc(O)c1)NC1CC2CCC1C2.